The van der Waals surface area contributed by atoms with Crippen molar-refractivity contribution in [2.75, 3.05) is 0 Å². The topological polar surface area (TPSA) is 13.1 Å². The number of aryl methyl sites for hydroxylation is 3. The highest BCUT2D eigenvalue weighted by Crippen LogP contribution is 2.15. The highest BCUT2D eigenvalue weighted by Gasteiger charge is 2.02. The maximum Gasteiger partial charge on any atom is 0.104 e. The molecule has 11 heavy (non-hydrogen) atoms. The zero-order valence-electron chi connectivity index (χ0n) is 7.61. The van der Waals surface area contributed by atoms with Crippen LogP contribution in [-0.4, -0.2) is 0 Å². The summed E-state index contributed by atoms with van der Waals surface area (Å²) in [6.07, 6.45) is 3.68. The van der Waals surface area contributed by atoms with Crippen molar-refractivity contribution >= 4 is 0 Å². The molecule has 0 fully saturated rings. The lowest BCUT2D eigenvalue weighted by molar-refractivity contribution is 0.500. The molecule has 1 aromatic heterocycles. The van der Waals surface area contributed by atoms with E-state index in [2.05, 4.69) is 13.0 Å². The fourth-order valence-corrected chi connectivity index (χ4v) is 1.30. The van der Waals surface area contributed by atoms with Crippen LogP contribution < -0.4 is 0 Å². The molecule has 62 valence electrons. The van der Waals surface area contributed by atoms with Gasteiger partial charge >= 0.3 is 0 Å². The van der Waals surface area contributed by atoms with Gasteiger partial charge in [0.2, 0.25) is 0 Å². The van der Waals surface area contributed by atoms with Crippen molar-refractivity contribution in [3.8, 4) is 0 Å². The molecule has 1 heterocycles. The van der Waals surface area contributed by atoms with Crippen molar-refractivity contribution in [1.29, 1.82) is 0 Å². The molecule has 1 nitrogen and oxygen atoms in total. The zero-order chi connectivity index (χ0) is 8.27. The van der Waals surface area contributed by atoms with Gasteiger partial charge in [0.05, 0.1) is 0 Å². The Balaban J connectivity index is 2.62. The van der Waals surface area contributed by atoms with Crippen molar-refractivity contribution in [2.24, 2.45) is 0 Å². The van der Waals surface area contributed by atoms with Crippen LogP contribution in [0.15, 0.2) is 10.5 Å². The van der Waals surface area contributed by atoms with E-state index in [1.165, 1.54) is 24.8 Å². The number of hydrogen-bond donors (Lipinski definition) is 0. The Labute approximate surface area is 68.4 Å². The Morgan fingerprint density at radius 2 is 2.09 bits per heavy atom. The normalized spacial score (nSPS) is 10.5. The molecule has 0 spiro atoms. The summed E-state index contributed by atoms with van der Waals surface area (Å²) in [4.78, 5) is 0. The Morgan fingerprint density at radius 1 is 1.36 bits per heavy atom. The molecule has 0 saturated heterocycles. The van der Waals surface area contributed by atoms with Crippen molar-refractivity contribution in [1.82, 2.24) is 0 Å². The molecular weight excluding hydrogens is 136 g/mol. The van der Waals surface area contributed by atoms with Crippen molar-refractivity contribution < 1.29 is 4.42 Å². The van der Waals surface area contributed by atoms with Crippen LogP contribution in [0.1, 0.15) is 36.8 Å². The molecule has 0 bridgehead atoms. The van der Waals surface area contributed by atoms with E-state index in [0.717, 1.165) is 11.5 Å². The Bertz CT molecular complexity index is 223. The summed E-state index contributed by atoms with van der Waals surface area (Å²) in [5.74, 6) is 2.13. The van der Waals surface area contributed by atoms with Crippen LogP contribution in [0, 0.1) is 13.8 Å². The van der Waals surface area contributed by atoms with Gasteiger partial charge in [-0.05, 0) is 38.3 Å². The SMILES string of the molecule is CCCCc1cc(C)oc1C. The second kappa shape index (κ2) is 3.61. The third-order valence-corrected chi connectivity index (χ3v) is 1.94. The minimum Gasteiger partial charge on any atom is -0.466 e. The van der Waals surface area contributed by atoms with E-state index in [9.17, 15) is 0 Å². The van der Waals surface area contributed by atoms with Gasteiger partial charge < -0.3 is 4.42 Å². The summed E-state index contributed by atoms with van der Waals surface area (Å²) in [5.41, 5.74) is 1.38. The van der Waals surface area contributed by atoms with Crippen molar-refractivity contribution in [3.63, 3.8) is 0 Å². The van der Waals surface area contributed by atoms with Gasteiger partial charge in [0.25, 0.3) is 0 Å². The average molecular weight is 152 g/mol. The van der Waals surface area contributed by atoms with Crippen LogP contribution in [-0.2, 0) is 6.42 Å². The summed E-state index contributed by atoms with van der Waals surface area (Å²) in [6.45, 7) is 6.25. The van der Waals surface area contributed by atoms with Crippen LogP contribution >= 0.6 is 0 Å². The van der Waals surface area contributed by atoms with Gasteiger partial charge in [0, 0.05) is 0 Å². The third kappa shape index (κ3) is 2.11. The molecule has 0 radical (unpaired) electrons. The van der Waals surface area contributed by atoms with Crippen LogP contribution in [0.4, 0.5) is 0 Å². The second-order valence-corrected chi connectivity index (χ2v) is 3.04. The Hall–Kier alpha value is -0.720. The fourth-order valence-electron chi connectivity index (χ4n) is 1.30. The largest absolute Gasteiger partial charge is 0.466 e. The zero-order valence-corrected chi connectivity index (χ0v) is 7.61. The summed E-state index contributed by atoms with van der Waals surface area (Å²) < 4.78 is 5.41. The minimum atomic E-state index is 1.04. The molecule has 0 N–H and O–H groups in total. The first kappa shape index (κ1) is 8.38. The molecule has 0 atom stereocenters. The highest BCUT2D eigenvalue weighted by molar-refractivity contribution is 5.19. The quantitative estimate of drug-likeness (QED) is 0.648. The van der Waals surface area contributed by atoms with Gasteiger partial charge in [-0.15, -0.1) is 0 Å². The van der Waals surface area contributed by atoms with E-state index in [-0.39, 0.29) is 0 Å². The van der Waals surface area contributed by atoms with Crippen molar-refractivity contribution in [2.45, 2.75) is 40.0 Å². The number of rotatable bonds is 3. The van der Waals surface area contributed by atoms with Gasteiger partial charge in [0.1, 0.15) is 11.5 Å². The first-order valence-electron chi connectivity index (χ1n) is 4.30. The molecule has 0 aliphatic carbocycles. The van der Waals surface area contributed by atoms with Gasteiger partial charge in [-0.3, -0.25) is 0 Å². The van der Waals surface area contributed by atoms with Gasteiger partial charge in [-0.25, -0.2) is 0 Å². The van der Waals surface area contributed by atoms with E-state index in [0.29, 0.717) is 0 Å². The summed E-state index contributed by atoms with van der Waals surface area (Å²) in [6, 6.07) is 2.14. The third-order valence-electron chi connectivity index (χ3n) is 1.94. The first-order chi connectivity index (χ1) is 5.24. The molecule has 0 aromatic carbocycles. The van der Waals surface area contributed by atoms with Crippen LogP contribution in [0.25, 0.3) is 0 Å². The molecule has 1 aromatic rings. The van der Waals surface area contributed by atoms with E-state index >= 15 is 0 Å². The molecule has 1 rings (SSSR count). The smallest absolute Gasteiger partial charge is 0.104 e. The summed E-state index contributed by atoms with van der Waals surface area (Å²) >= 11 is 0. The molecule has 0 aliphatic rings. The average Bonchev–Trinajstić information content (AvgIpc) is 2.26. The summed E-state index contributed by atoms with van der Waals surface area (Å²) in [5, 5.41) is 0. The van der Waals surface area contributed by atoms with Gasteiger partial charge in [0.15, 0.2) is 0 Å². The van der Waals surface area contributed by atoms with Crippen LogP contribution in [0.2, 0.25) is 0 Å². The van der Waals surface area contributed by atoms with E-state index in [1.807, 2.05) is 13.8 Å². The lowest BCUT2D eigenvalue weighted by Gasteiger charge is -1.94. The Kier molecular flexibility index (Phi) is 2.75. The van der Waals surface area contributed by atoms with E-state index in [4.69, 9.17) is 4.42 Å². The first-order valence-corrected chi connectivity index (χ1v) is 4.30. The standard InChI is InChI=1S/C10H16O/c1-4-5-6-10-7-8(2)11-9(10)3/h7H,4-6H2,1-3H3. The van der Waals surface area contributed by atoms with E-state index < -0.39 is 0 Å². The monoisotopic (exact) mass is 152 g/mol. The Morgan fingerprint density at radius 3 is 2.55 bits per heavy atom. The maximum absolute atomic E-state index is 5.41. The molecule has 0 saturated carbocycles. The van der Waals surface area contributed by atoms with E-state index in [1.54, 1.807) is 0 Å². The number of unbranched alkanes of at least 4 members (excludes halogenated alkanes) is 1. The van der Waals surface area contributed by atoms with Gasteiger partial charge in [-0.1, -0.05) is 13.3 Å². The predicted molar refractivity (Wildman–Crippen MR) is 46.8 cm³/mol. The lowest BCUT2D eigenvalue weighted by atomic mass is 10.1. The highest BCUT2D eigenvalue weighted by atomic mass is 16.3. The predicted octanol–water partition coefficient (Wildman–Crippen LogP) is 3.24. The van der Waals surface area contributed by atoms with Crippen LogP contribution in [0.3, 0.4) is 0 Å². The van der Waals surface area contributed by atoms with Crippen LogP contribution in [0.5, 0.6) is 0 Å². The minimum absolute atomic E-state index is 1.04. The summed E-state index contributed by atoms with van der Waals surface area (Å²) in [7, 11) is 0. The lowest BCUT2D eigenvalue weighted by Crippen LogP contribution is -1.82. The molecule has 0 aliphatic heterocycles. The molecule has 0 unspecified atom stereocenters. The fraction of sp³-hybridized carbons (Fsp3) is 0.600. The molecule has 0 amide bonds. The molecular formula is C10H16O. The molecule has 1 heteroatoms. The van der Waals surface area contributed by atoms with Crippen molar-refractivity contribution in [3.05, 3.63) is 23.2 Å². The number of furan rings is 1. The second-order valence-electron chi connectivity index (χ2n) is 3.04. The maximum atomic E-state index is 5.41. The van der Waals surface area contributed by atoms with Gasteiger partial charge in [-0.2, -0.15) is 0 Å². The number of hydrogen-bond acceptors (Lipinski definition) is 1.